The lowest BCUT2D eigenvalue weighted by molar-refractivity contribution is 0.398. The first-order valence-electron chi connectivity index (χ1n) is 7.09. The number of aromatic nitrogens is 1. The molecule has 0 N–H and O–H groups in total. The molecule has 8 heteroatoms. The normalized spacial score (nSPS) is 13.5. The highest BCUT2D eigenvalue weighted by atomic mass is 35.5. The molecule has 0 aliphatic heterocycles. The van der Waals surface area contributed by atoms with Crippen LogP contribution in [0.1, 0.15) is 18.0 Å². The maximum atomic E-state index is 12.9. The predicted molar refractivity (Wildman–Crippen MR) is 99.4 cm³/mol. The lowest BCUT2D eigenvalue weighted by Crippen LogP contribution is -2.30. The van der Waals surface area contributed by atoms with Gasteiger partial charge in [-0.25, -0.2) is 13.4 Å². The van der Waals surface area contributed by atoms with Crippen molar-refractivity contribution in [1.29, 1.82) is 0 Å². The van der Waals surface area contributed by atoms with Crippen molar-refractivity contribution in [3.05, 3.63) is 57.5 Å². The van der Waals surface area contributed by atoms with Gasteiger partial charge < -0.3 is 0 Å². The third-order valence-corrected chi connectivity index (χ3v) is 7.61. The average molecular weight is 401 g/mol. The van der Waals surface area contributed by atoms with Gasteiger partial charge >= 0.3 is 0 Å². The van der Waals surface area contributed by atoms with Crippen LogP contribution < -0.4 is 0 Å². The lowest BCUT2D eigenvalue weighted by atomic mass is 10.3. The first kappa shape index (κ1) is 17.6. The maximum Gasteiger partial charge on any atom is 0.244 e. The summed E-state index contributed by atoms with van der Waals surface area (Å²) >= 11 is 13.5. The van der Waals surface area contributed by atoms with Gasteiger partial charge in [0.2, 0.25) is 10.0 Å². The van der Waals surface area contributed by atoms with Crippen LogP contribution in [0.25, 0.3) is 10.2 Å². The van der Waals surface area contributed by atoms with E-state index in [2.05, 4.69) is 4.98 Å². The highest BCUT2D eigenvalue weighted by Crippen LogP contribution is 2.34. The van der Waals surface area contributed by atoms with E-state index in [4.69, 9.17) is 23.2 Å². The SMILES string of the molecule is C[C@H](c1nc2ccccc2s1)N(C)S(=O)(=O)c1cc(Cl)ccc1Cl. The summed E-state index contributed by atoms with van der Waals surface area (Å²) in [6.45, 7) is 1.80. The van der Waals surface area contributed by atoms with Gasteiger partial charge in [0, 0.05) is 12.1 Å². The Morgan fingerprint density at radius 3 is 2.58 bits per heavy atom. The van der Waals surface area contributed by atoms with E-state index in [1.807, 2.05) is 24.3 Å². The van der Waals surface area contributed by atoms with Crippen LogP contribution >= 0.6 is 34.5 Å². The van der Waals surface area contributed by atoms with Crippen LogP contribution in [0.4, 0.5) is 0 Å². The van der Waals surface area contributed by atoms with Gasteiger partial charge in [-0.05, 0) is 37.3 Å². The molecular weight excluding hydrogens is 387 g/mol. The second kappa shape index (κ2) is 6.61. The lowest BCUT2D eigenvalue weighted by Gasteiger charge is -2.23. The van der Waals surface area contributed by atoms with E-state index in [9.17, 15) is 8.42 Å². The molecule has 0 spiro atoms. The number of nitrogens with zero attached hydrogens (tertiary/aromatic N) is 2. The van der Waals surface area contributed by atoms with E-state index in [1.165, 1.54) is 34.8 Å². The van der Waals surface area contributed by atoms with Gasteiger partial charge in [0.1, 0.15) is 9.90 Å². The number of sulfonamides is 1. The third kappa shape index (κ3) is 3.17. The van der Waals surface area contributed by atoms with Gasteiger partial charge in [-0.15, -0.1) is 11.3 Å². The third-order valence-electron chi connectivity index (χ3n) is 3.76. The molecule has 1 heterocycles. The summed E-state index contributed by atoms with van der Waals surface area (Å²) in [6.07, 6.45) is 0. The molecule has 2 aromatic carbocycles. The molecule has 4 nitrogen and oxygen atoms in total. The Labute approximate surface area is 154 Å². The van der Waals surface area contributed by atoms with Gasteiger partial charge in [0.15, 0.2) is 0 Å². The molecule has 0 amide bonds. The molecule has 3 aromatic rings. The van der Waals surface area contributed by atoms with Crippen LogP contribution in [0.15, 0.2) is 47.4 Å². The average Bonchev–Trinajstić information content (AvgIpc) is 2.99. The summed E-state index contributed by atoms with van der Waals surface area (Å²) in [7, 11) is -2.28. The van der Waals surface area contributed by atoms with E-state index in [1.54, 1.807) is 13.0 Å². The smallest absolute Gasteiger partial charge is 0.239 e. The van der Waals surface area contributed by atoms with Crippen LogP contribution in [0, 0.1) is 0 Å². The molecule has 0 radical (unpaired) electrons. The molecule has 1 atom stereocenters. The number of hydrogen-bond donors (Lipinski definition) is 0. The van der Waals surface area contributed by atoms with Crippen molar-refractivity contribution < 1.29 is 8.42 Å². The van der Waals surface area contributed by atoms with E-state index in [0.717, 1.165) is 15.2 Å². The van der Waals surface area contributed by atoms with Crippen LogP contribution in [-0.2, 0) is 10.0 Å². The fourth-order valence-electron chi connectivity index (χ4n) is 2.26. The van der Waals surface area contributed by atoms with E-state index < -0.39 is 16.1 Å². The molecule has 1 aromatic heterocycles. The largest absolute Gasteiger partial charge is 0.244 e. The summed E-state index contributed by atoms with van der Waals surface area (Å²) < 4.78 is 28.1. The van der Waals surface area contributed by atoms with Gasteiger partial charge in [-0.1, -0.05) is 35.3 Å². The molecule has 24 heavy (non-hydrogen) atoms. The van der Waals surface area contributed by atoms with Crippen LogP contribution in [0.2, 0.25) is 10.0 Å². The van der Waals surface area contributed by atoms with Gasteiger partial charge in [-0.2, -0.15) is 4.31 Å². The number of benzene rings is 2. The standard InChI is InChI=1S/C16H14Cl2N2O2S2/c1-10(16-19-13-5-3-4-6-14(13)23-16)20(2)24(21,22)15-9-11(17)7-8-12(15)18/h3-10H,1-2H3/t10-/m1/s1. The number of rotatable bonds is 4. The number of para-hydroxylation sites is 1. The summed E-state index contributed by atoms with van der Waals surface area (Å²) in [4.78, 5) is 4.53. The second-order valence-corrected chi connectivity index (χ2v) is 9.16. The Morgan fingerprint density at radius 2 is 1.88 bits per heavy atom. The first-order valence-corrected chi connectivity index (χ1v) is 10.1. The Balaban J connectivity index is 2.00. The Kier molecular flexibility index (Phi) is 4.86. The Morgan fingerprint density at radius 1 is 1.17 bits per heavy atom. The summed E-state index contributed by atoms with van der Waals surface area (Å²) in [5.41, 5.74) is 0.857. The second-order valence-electron chi connectivity index (χ2n) is 5.29. The Hall–Kier alpha value is -1.18. The molecule has 0 aliphatic carbocycles. The quantitative estimate of drug-likeness (QED) is 0.619. The van der Waals surface area contributed by atoms with E-state index >= 15 is 0 Å². The first-order chi connectivity index (χ1) is 11.3. The van der Waals surface area contributed by atoms with Crippen LogP contribution in [0.3, 0.4) is 0 Å². The van der Waals surface area contributed by atoms with Crippen molar-refractivity contribution in [2.75, 3.05) is 7.05 Å². The molecule has 0 saturated heterocycles. The highest BCUT2D eigenvalue weighted by Gasteiger charge is 2.30. The van der Waals surface area contributed by atoms with Crippen LogP contribution in [0.5, 0.6) is 0 Å². The van der Waals surface area contributed by atoms with Crippen molar-refractivity contribution in [2.45, 2.75) is 17.9 Å². The zero-order valence-electron chi connectivity index (χ0n) is 12.9. The van der Waals surface area contributed by atoms with Crippen molar-refractivity contribution in [2.24, 2.45) is 0 Å². The molecule has 0 fully saturated rings. The minimum absolute atomic E-state index is 0.00729. The van der Waals surface area contributed by atoms with Crippen molar-refractivity contribution in [3.63, 3.8) is 0 Å². The van der Waals surface area contributed by atoms with Gasteiger partial charge in [0.25, 0.3) is 0 Å². The Bertz CT molecular complexity index is 969. The van der Waals surface area contributed by atoms with E-state index in [0.29, 0.717) is 5.02 Å². The molecule has 126 valence electrons. The molecule has 0 saturated carbocycles. The zero-order valence-corrected chi connectivity index (χ0v) is 16.0. The molecule has 3 rings (SSSR count). The summed E-state index contributed by atoms with van der Waals surface area (Å²) in [5.74, 6) is 0. The number of thiazole rings is 1. The topological polar surface area (TPSA) is 50.3 Å². The fourth-order valence-corrected chi connectivity index (χ4v) is 5.46. The predicted octanol–water partition coefficient (Wildman–Crippen LogP) is 4.98. The molecule has 0 bridgehead atoms. The fraction of sp³-hybridized carbons (Fsp3) is 0.188. The maximum absolute atomic E-state index is 12.9. The number of hydrogen-bond acceptors (Lipinski definition) is 4. The molecule has 0 aliphatic rings. The van der Waals surface area contributed by atoms with Crippen molar-refractivity contribution >= 4 is 54.8 Å². The highest BCUT2D eigenvalue weighted by molar-refractivity contribution is 7.89. The summed E-state index contributed by atoms with van der Waals surface area (Å²) in [5, 5.41) is 1.18. The minimum Gasteiger partial charge on any atom is -0.239 e. The van der Waals surface area contributed by atoms with Gasteiger partial charge in [0.05, 0.1) is 21.3 Å². The number of fused-ring (bicyclic) bond motifs is 1. The number of halogens is 2. The zero-order chi connectivity index (χ0) is 17.5. The van der Waals surface area contributed by atoms with Crippen molar-refractivity contribution in [1.82, 2.24) is 9.29 Å². The minimum atomic E-state index is -3.79. The van der Waals surface area contributed by atoms with Gasteiger partial charge in [-0.3, -0.25) is 0 Å². The van der Waals surface area contributed by atoms with Crippen LogP contribution in [-0.4, -0.2) is 24.8 Å². The summed E-state index contributed by atoms with van der Waals surface area (Å²) in [6, 6.07) is 11.7. The molecular formula is C16H14Cl2N2O2S2. The van der Waals surface area contributed by atoms with E-state index in [-0.39, 0.29) is 9.92 Å². The van der Waals surface area contributed by atoms with Crippen molar-refractivity contribution in [3.8, 4) is 0 Å². The molecule has 0 unspecified atom stereocenters. The monoisotopic (exact) mass is 400 g/mol.